The lowest BCUT2D eigenvalue weighted by Crippen LogP contribution is -2.47. The highest BCUT2D eigenvalue weighted by Crippen LogP contribution is 2.22. The van der Waals surface area contributed by atoms with Crippen molar-refractivity contribution in [2.45, 2.75) is 31.8 Å². The normalized spacial score (nSPS) is 20.6. The van der Waals surface area contributed by atoms with Crippen molar-refractivity contribution in [2.75, 3.05) is 13.7 Å². The Bertz CT molecular complexity index is 498. The molecule has 1 fully saturated rings. The van der Waals surface area contributed by atoms with Crippen LogP contribution in [0.2, 0.25) is 0 Å². The number of ketones is 1. The van der Waals surface area contributed by atoms with Crippen LogP contribution in [0.5, 0.6) is 5.75 Å². The van der Waals surface area contributed by atoms with Crippen LogP contribution in [0.1, 0.15) is 30.1 Å². The zero-order chi connectivity index (χ0) is 14.7. The zero-order valence-corrected chi connectivity index (χ0v) is 11.8. The van der Waals surface area contributed by atoms with Gasteiger partial charge in [-0.25, -0.2) is 0 Å². The summed E-state index contributed by atoms with van der Waals surface area (Å²) in [5, 5.41) is 0. The fourth-order valence-corrected chi connectivity index (χ4v) is 2.71. The Kier molecular flexibility index (Phi) is 4.39. The number of likely N-dealkylation sites (tertiary alicyclic amines) is 1. The van der Waals surface area contributed by atoms with Crippen LogP contribution in [-0.2, 0) is 4.79 Å². The number of Topliss-reactive ketones (excluding diaryl/α,β-unsaturated/α-hetero) is 1. The number of methoxy groups -OCH3 is 1. The van der Waals surface area contributed by atoms with Crippen LogP contribution in [0.25, 0.3) is 0 Å². The molecule has 1 aromatic rings. The molecule has 108 valence electrons. The van der Waals surface area contributed by atoms with Crippen LogP contribution in [0, 0.1) is 0 Å². The number of primary amides is 1. The molecule has 1 aromatic carbocycles. The molecule has 20 heavy (non-hydrogen) atoms. The first-order chi connectivity index (χ1) is 9.54. The third-order valence-corrected chi connectivity index (χ3v) is 3.87. The van der Waals surface area contributed by atoms with Gasteiger partial charge >= 0.3 is 0 Å². The van der Waals surface area contributed by atoms with Gasteiger partial charge in [-0.05, 0) is 50.6 Å². The summed E-state index contributed by atoms with van der Waals surface area (Å²) in [6, 6.07) is 6.33. The lowest BCUT2D eigenvalue weighted by Gasteiger charge is -2.27. The van der Waals surface area contributed by atoms with Crippen molar-refractivity contribution in [1.82, 2.24) is 4.90 Å². The second-order valence-corrected chi connectivity index (χ2v) is 5.07. The van der Waals surface area contributed by atoms with Gasteiger partial charge in [-0.3, -0.25) is 14.5 Å². The first-order valence-corrected chi connectivity index (χ1v) is 6.78. The van der Waals surface area contributed by atoms with Crippen molar-refractivity contribution in [2.24, 2.45) is 5.73 Å². The molecule has 0 spiro atoms. The fourth-order valence-electron chi connectivity index (χ4n) is 2.71. The molecule has 0 radical (unpaired) electrons. The van der Waals surface area contributed by atoms with E-state index in [0.29, 0.717) is 11.3 Å². The predicted octanol–water partition coefficient (Wildman–Crippen LogP) is 1.22. The van der Waals surface area contributed by atoms with Gasteiger partial charge < -0.3 is 10.5 Å². The second-order valence-electron chi connectivity index (χ2n) is 5.07. The molecule has 0 aliphatic carbocycles. The lowest BCUT2D eigenvalue weighted by molar-refractivity contribution is -0.122. The zero-order valence-electron chi connectivity index (χ0n) is 11.8. The summed E-state index contributed by atoms with van der Waals surface area (Å²) < 4.78 is 5.07. The highest BCUT2D eigenvalue weighted by molar-refractivity contribution is 6.00. The van der Waals surface area contributed by atoms with Gasteiger partial charge in [0.25, 0.3) is 0 Å². The van der Waals surface area contributed by atoms with E-state index in [-0.39, 0.29) is 23.8 Å². The number of hydrogen-bond donors (Lipinski definition) is 1. The average Bonchev–Trinajstić information content (AvgIpc) is 2.95. The first kappa shape index (κ1) is 14.5. The van der Waals surface area contributed by atoms with E-state index in [4.69, 9.17) is 10.5 Å². The number of rotatable bonds is 5. The number of nitrogens with zero attached hydrogens (tertiary/aromatic N) is 1. The van der Waals surface area contributed by atoms with E-state index >= 15 is 0 Å². The van der Waals surface area contributed by atoms with Crippen LogP contribution in [0.3, 0.4) is 0 Å². The molecule has 0 aromatic heterocycles. The standard InChI is InChI=1S/C15H20N2O3/c1-10(17-9-3-4-13(17)15(16)19)14(18)11-5-7-12(20-2)8-6-11/h5-8,10,13H,3-4,9H2,1-2H3,(H2,16,19). The van der Waals surface area contributed by atoms with Crippen molar-refractivity contribution in [3.63, 3.8) is 0 Å². The number of carbonyl (C=O) groups excluding carboxylic acids is 2. The molecule has 2 N–H and O–H groups in total. The van der Waals surface area contributed by atoms with Gasteiger partial charge in [0.1, 0.15) is 5.75 Å². The topological polar surface area (TPSA) is 72.6 Å². The maximum absolute atomic E-state index is 12.5. The van der Waals surface area contributed by atoms with E-state index in [1.54, 1.807) is 31.4 Å². The van der Waals surface area contributed by atoms with E-state index in [1.807, 2.05) is 11.8 Å². The number of benzene rings is 1. The summed E-state index contributed by atoms with van der Waals surface area (Å²) >= 11 is 0. The Hall–Kier alpha value is -1.88. The van der Waals surface area contributed by atoms with Crippen LogP contribution >= 0.6 is 0 Å². The molecule has 1 aliphatic heterocycles. The minimum Gasteiger partial charge on any atom is -0.497 e. The largest absolute Gasteiger partial charge is 0.497 e. The van der Waals surface area contributed by atoms with E-state index in [0.717, 1.165) is 19.4 Å². The van der Waals surface area contributed by atoms with Crippen molar-refractivity contribution < 1.29 is 14.3 Å². The lowest BCUT2D eigenvalue weighted by atomic mass is 10.0. The average molecular weight is 276 g/mol. The summed E-state index contributed by atoms with van der Waals surface area (Å²) in [4.78, 5) is 25.8. The van der Waals surface area contributed by atoms with E-state index in [1.165, 1.54) is 0 Å². The van der Waals surface area contributed by atoms with Gasteiger partial charge in [0.05, 0.1) is 19.2 Å². The smallest absolute Gasteiger partial charge is 0.234 e. The van der Waals surface area contributed by atoms with Gasteiger partial charge in [-0.2, -0.15) is 0 Å². The summed E-state index contributed by atoms with van der Waals surface area (Å²) in [7, 11) is 1.58. The second kappa shape index (κ2) is 6.05. The third-order valence-electron chi connectivity index (χ3n) is 3.87. The Morgan fingerprint density at radius 2 is 2.00 bits per heavy atom. The molecule has 0 saturated carbocycles. The molecule has 2 unspecified atom stereocenters. The molecule has 2 rings (SSSR count). The summed E-state index contributed by atoms with van der Waals surface area (Å²) in [6.07, 6.45) is 1.63. The summed E-state index contributed by atoms with van der Waals surface area (Å²) in [5.74, 6) is 0.364. The quantitative estimate of drug-likeness (QED) is 0.821. The molecular formula is C15H20N2O3. The van der Waals surface area contributed by atoms with Gasteiger partial charge in [0, 0.05) is 5.56 Å². The van der Waals surface area contributed by atoms with Gasteiger partial charge in [-0.1, -0.05) is 0 Å². The number of amides is 1. The first-order valence-electron chi connectivity index (χ1n) is 6.78. The van der Waals surface area contributed by atoms with E-state index < -0.39 is 0 Å². The molecule has 1 saturated heterocycles. The van der Waals surface area contributed by atoms with Gasteiger partial charge in [0.15, 0.2) is 5.78 Å². The fraction of sp³-hybridized carbons (Fsp3) is 0.467. The number of ether oxygens (including phenoxy) is 1. The van der Waals surface area contributed by atoms with Crippen molar-refractivity contribution >= 4 is 11.7 Å². The number of nitrogens with two attached hydrogens (primary N) is 1. The van der Waals surface area contributed by atoms with Crippen molar-refractivity contribution in [3.05, 3.63) is 29.8 Å². The highest BCUT2D eigenvalue weighted by atomic mass is 16.5. The van der Waals surface area contributed by atoms with Crippen LogP contribution in [-0.4, -0.2) is 42.3 Å². The Balaban J connectivity index is 2.13. The third kappa shape index (κ3) is 2.82. The molecule has 5 nitrogen and oxygen atoms in total. The SMILES string of the molecule is COc1ccc(C(=O)C(C)N2CCCC2C(N)=O)cc1. The predicted molar refractivity (Wildman–Crippen MR) is 75.7 cm³/mol. The highest BCUT2D eigenvalue weighted by Gasteiger charge is 2.35. The monoisotopic (exact) mass is 276 g/mol. The molecule has 2 atom stereocenters. The van der Waals surface area contributed by atoms with E-state index in [2.05, 4.69) is 0 Å². The Morgan fingerprint density at radius 1 is 1.35 bits per heavy atom. The number of hydrogen-bond acceptors (Lipinski definition) is 4. The molecule has 1 aliphatic rings. The number of carbonyl (C=O) groups is 2. The molecule has 5 heteroatoms. The molecular weight excluding hydrogens is 256 g/mol. The minimum absolute atomic E-state index is 0.000744. The maximum atomic E-state index is 12.5. The summed E-state index contributed by atoms with van der Waals surface area (Å²) in [5.41, 5.74) is 6.01. The maximum Gasteiger partial charge on any atom is 0.234 e. The van der Waals surface area contributed by atoms with Crippen LogP contribution in [0.15, 0.2) is 24.3 Å². The minimum atomic E-state index is -0.350. The van der Waals surface area contributed by atoms with Gasteiger partial charge in [0.2, 0.25) is 5.91 Å². The molecule has 1 heterocycles. The molecule has 1 amide bonds. The summed E-state index contributed by atoms with van der Waals surface area (Å²) in [6.45, 7) is 2.56. The van der Waals surface area contributed by atoms with Crippen LogP contribution < -0.4 is 10.5 Å². The van der Waals surface area contributed by atoms with Crippen molar-refractivity contribution in [1.29, 1.82) is 0 Å². The Labute approximate surface area is 118 Å². The van der Waals surface area contributed by atoms with Gasteiger partial charge in [-0.15, -0.1) is 0 Å². The Morgan fingerprint density at radius 3 is 2.55 bits per heavy atom. The molecule has 0 bridgehead atoms. The van der Waals surface area contributed by atoms with Crippen LogP contribution in [0.4, 0.5) is 0 Å². The van der Waals surface area contributed by atoms with Crippen molar-refractivity contribution in [3.8, 4) is 5.75 Å². The van der Waals surface area contributed by atoms with E-state index in [9.17, 15) is 9.59 Å².